The molecule has 4 heteroatoms. The molecule has 92 valence electrons. The molecule has 4 nitrogen and oxygen atoms in total. The second kappa shape index (κ2) is 5.31. The molecular formula is C14H13NO3. The van der Waals surface area contributed by atoms with Gasteiger partial charge in [0.25, 0.3) is 5.69 Å². The Labute approximate surface area is 105 Å². The van der Waals surface area contributed by atoms with Gasteiger partial charge in [0.15, 0.2) is 0 Å². The van der Waals surface area contributed by atoms with Crippen molar-refractivity contribution < 1.29 is 9.66 Å². The van der Waals surface area contributed by atoms with Crippen LogP contribution in [-0.2, 0) is 6.61 Å². The number of hydrogen-bond donors (Lipinski definition) is 0. The van der Waals surface area contributed by atoms with Gasteiger partial charge in [0.1, 0.15) is 12.4 Å². The van der Waals surface area contributed by atoms with Gasteiger partial charge in [0.2, 0.25) is 0 Å². The minimum atomic E-state index is -0.414. The molecule has 0 aromatic heterocycles. The lowest BCUT2D eigenvalue weighted by molar-refractivity contribution is -0.385. The van der Waals surface area contributed by atoms with E-state index in [-0.39, 0.29) is 5.69 Å². The van der Waals surface area contributed by atoms with Crippen LogP contribution in [0.5, 0.6) is 5.75 Å². The number of nitro benzene ring substituents is 1. The first-order valence-electron chi connectivity index (χ1n) is 5.58. The maximum atomic E-state index is 10.7. The largest absolute Gasteiger partial charge is 0.489 e. The fourth-order valence-electron chi connectivity index (χ4n) is 1.66. The van der Waals surface area contributed by atoms with Crippen LogP contribution >= 0.6 is 0 Å². The van der Waals surface area contributed by atoms with E-state index in [1.54, 1.807) is 6.07 Å². The standard InChI is InChI=1S/C14H13NO3/c1-11-7-13(15(16)17)9-14(8-11)18-10-12-5-3-2-4-6-12/h2-9H,10H2,1H3. The number of non-ortho nitro benzene ring substituents is 1. The molecule has 0 amide bonds. The molecule has 2 aromatic rings. The molecule has 0 heterocycles. The van der Waals surface area contributed by atoms with Crippen molar-refractivity contribution in [1.82, 2.24) is 0 Å². The zero-order valence-corrected chi connectivity index (χ0v) is 10.00. The van der Waals surface area contributed by atoms with Gasteiger partial charge in [-0.15, -0.1) is 0 Å². The lowest BCUT2D eigenvalue weighted by Crippen LogP contribution is -1.97. The van der Waals surface area contributed by atoms with E-state index < -0.39 is 4.92 Å². The smallest absolute Gasteiger partial charge is 0.273 e. The highest BCUT2D eigenvalue weighted by atomic mass is 16.6. The second-order valence-electron chi connectivity index (χ2n) is 4.04. The predicted molar refractivity (Wildman–Crippen MR) is 68.6 cm³/mol. The third-order valence-corrected chi connectivity index (χ3v) is 2.49. The van der Waals surface area contributed by atoms with Crippen molar-refractivity contribution in [2.45, 2.75) is 13.5 Å². The van der Waals surface area contributed by atoms with E-state index in [0.29, 0.717) is 12.4 Å². The molecule has 18 heavy (non-hydrogen) atoms. The van der Waals surface area contributed by atoms with Crippen molar-refractivity contribution in [2.24, 2.45) is 0 Å². The van der Waals surface area contributed by atoms with Crippen molar-refractivity contribution in [3.8, 4) is 5.75 Å². The van der Waals surface area contributed by atoms with Crippen LogP contribution in [0.15, 0.2) is 48.5 Å². The van der Waals surface area contributed by atoms with Gasteiger partial charge in [0.05, 0.1) is 11.0 Å². The van der Waals surface area contributed by atoms with E-state index in [1.807, 2.05) is 37.3 Å². The number of nitrogens with zero attached hydrogens (tertiary/aromatic N) is 1. The molecule has 0 unspecified atom stereocenters. The molecule has 0 spiro atoms. The van der Waals surface area contributed by atoms with Crippen molar-refractivity contribution >= 4 is 5.69 Å². The zero-order chi connectivity index (χ0) is 13.0. The van der Waals surface area contributed by atoms with E-state index >= 15 is 0 Å². The van der Waals surface area contributed by atoms with Gasteiger partial charge in [-0.05, 0) is 24.1 Å². The molecule has 0 aliphatic carbocycles. The van der Waals surface area contributed by atoms with Crippen molar-refractivity contribution in [2.75, 3.05) is 0 Å². The number of ether oxygens (including phenoxy) is 1. The number of hydrogen-bond acceptors (Lipinski definition) is 3. The SMILES string of the molecule is Cc1cc(OCc2ccccc2)cc([N+](=O)[O-])c1. The summed E-state index contributed by atoms with van der Waals surface area (Å²) in [5, 5.41) is 10.7. The molecule has 0 saturated carbocycles. The highest BCUT2D eigenvalue weighted by molar-refractivity contribution is 5.42. The predicted octanol–water partition coefficient (Wildman–Crippen LogP) is 3.48. The molecule has 0 saturated heterocycles. The minimum Gasteiger partial charge on any atom is -0.489 e. The first kappa shape index (κ1) is 12.1. The third-order valence-electron chi connectivity index (χ3n) is 2.49. The Hall–Kier alpha value is -2.36. The van der Waals surface area contributed by atoms with Gasteiger partial charge in [-0.2, -0.15) is 0 Å². The van der Waals surface area contributed by atoms with Crippen LogP contribution in [0.4, 0.5) is 5.69 Å². The molecule has 0 aliphatic rings. The highest BCUT2D eigenvalue weighted by Crippen LogP contribution is 2.23. The van der Waals surface area contributed by atoms with Gasteiger partial charge in [-0.1, -0.05) is 30.3 Å². The van der Waals surface area contributed by atoms with Crippen LogP contribution in [-0.4, -0.2) is 4.92 Å². The summed E-state index contributed by atoms with van der Waals surface area (Å²) in [7, 11) is 0. The topological polar surface area (TPSA) is 52.4 Å². The van der Waals surface area contributed by atoms with Gasteiger partial charge in [-0.3, -0.25) is 10.1 Å². The summed E-state index contributed by atoms with van der Waals surface area (Å²) in [5.41, 5.74) is 1.90. The first-order chi connectivity index (χ1) is 8.65. The fourth-order valence-corrected chi connectivity index (χ4v) is 1.66. The third kappa shape index (κ3) is 3.07. The second-order valence-corrected chi connectivity index (χ2v) is 4.04. The van der Waals surface area contributed by atoms with E-state index in [0.717, 1.165) is 11.1 Å². The Morgan fingerprint density at radius 2 is 1.89 bits per heavy atom. The summed E-state index contributed by atoms with van der Waals surface area (Å²) < 4.78 is 5.56. The molecule has 0 bridgehead atoms. The fraction of sp³-hybridized carbons (Fsp3) is 0.143. The summed E-state index contributed by atoms with van der Waals surface area (Å²) in [6, 6.07) is 14.4. The number of rotatable bonds is 4. The Morgan fingerprint density at radius 3 is 2.56 bits per heavy atom. The van der Waals surface area contributed by atoms with Crippen molar-refractivity contribution in [3.05, 3.63) is 69.8 Å². The monoisotopic (exact) mass is 243 g/mol. The van der Waals surface area contributed by atoms with Crippen molar-refractivity contribution in [3.63, 3.8) is 0 Å². The summed E-state index contributed by atoms with van der Waals surface area (Å²) >= 11 is 0. The van der Waals surface area contributed by atoms with Crippen LogP contribution in [0.3, 0.4) is 0 Å². The summed E-state index contributed by atoms with van der Waals surface area (Å²) in [6.07, 6.45) is 0. The normalized spacial score (nSPS) is 10.1. The van der Waals surface area contributed by atoms with E-state index in [9.17, 15) is 10.1 Å². The van der Waals surface area contributed by atoms with Crippen LogP contribution in [0.2, 0.25) is 0 Å². The maximum absolute atomic E-state index is 10.7. The van der Waals surface area contributed by atoms with E-state index in [1.165, 1.54) is 12.1 Å². The molecule has 0 fully saturated rings. The molecule has 0 N–H and O–H groups in total. The Kier molecular flexibility index (Phi) is 3.57. The van der Waals surface area contributed by atoms with Crippen molar-refractivity contribution in [1.29, 1.82) is 0 Å². The average Bonchev–Trinajstić information content (AvgIpc) is 2.37. The van der Waals surface area contributed by atoms with Crippen LogP contribution in [0.25, 0.3) is 0 Å². The first-order valence-corrected chi connectivity index (χ1v) is 5.58. The van der Waals surface area contributed by atoms with Gasteiger partial charge in [-0.25, -0.2) is 0 Å². The average molecular weight is 243 g/mol. The minimum absolute atomic E-state index is 0.0538. The van der Waals surface area contributed by atoms with Gasteiger partial charge in [0, 0.05) is 6.07 Å². The van der Waals surface area contributed by atoms with Crippen LogP contribution < -0.4 is 4.74 Å². The van der Waals surface area contributed by atoms with Gasteiger partial charge < -0.3 is 4.74 Å². The number of aryl methyl sites for hydroxylation is 1. The molecule has 0 radical (unpaired) electrons. The highest BCUT2D eigenvalue weighted by Gasteiger charge is 2.08. The lowest BCUT2D eigenvalue weighted by atomic mass is 10.2. The summed E-state index contributed by atoms with van der Waals surface area (Å²) in [5.74, 6) is 0.519. The maximum Gasteiger partial charge on any atom is 0.273 e. The summed E-state index contributed by atoms with van der Waals surface area (Å²) in [6.45, 7) is 2.21. The molecule has 0 aliphatic heterocycles. The van der Waals surface area contributed by atoms with Crippen LogP contribution in [0.1, 0.15) is 11.1 Å². The number of benzene rings is 2. The molecular weight excluding hydrogens is 230 g/mol. The Bertz CT molecular complexity index is 552. The van der Waals surface area contributed by atoms with E-state index in [4.69, 9.17) is 4.74 Å². The van der Waals surface area contributed by atoms with E-state index in [2.05, 4.69) is 0 Å². The molecule has 0 atom stereocenters. The molecule has 2 aromatic carbocycles. The zero-order valence-electron chi connectivity index (χ0n) is 10.00. The molecule has 2 rings (SSSR count). The quantitative estimate of drug-likeness (QED) is 0.610. The Morgan fingerprint density at radius 1 is 1.17 bits per heavy atom. The van der Waals surface area contributed by atoms with Crippen LogP contribution in [0, 0.1) is 17.0 Å². The lowest BCUT2D eigenvalue weighted by Gasteiger charge is -2.07. The Balaban J connectivity index is 2.12. The van der Waals surface area contributed by atoms with Gasteiger partial charge >= 0.3 is 0 Å². The number of nitro groups is 1. The summed E-state index contributed by atoms with van der Waals surface area (Å²) in [4.78, 5) is 10.3.